The Morgan fingerprint density at radius 2 is 2.07 bits per heavy atom. The molecule has 2 aromatic rings. The molecule has 0 saturated heterocycles. The molecule has 2 rings (SSSR count). The van der Waals surface area contributed by atoms with E-state index in [4.69, 9.17) is 9.52 Å². The van der Waals surface area contributed by atoms with Crippen molar-refractivity contribution in [2.24, 2.45) is 0 Å². The van der Waals surface area contributed by atoms with Crippen molar-refractivity contribution in [2.75, 3.05) is 0 Å². The van der Waals surface area contributed by atoms with Gasteiger partial charge in [-0.25, -0.2) is 13.6 Å². The van der Waals surface area contributed by atoms with E-state index in [9.17, 15) is 13.6 Å². The van der Waals surface area contributed by atoms with E-state index < -0.39 is 12.4 Å². The van der Waals surface area contributed by atoms with Crippen molar-refractivity contribution in [3.05, 3.63) is 35.6 Å². The molecule has 0 atom stereocenters. The number of hydrogen-bond donors (Lipinski definition) is 1. The van der Waals surface area contributed by atoms with E-state index in [1.54, 1.807) is 0 Å². The molecule has 3 nitrogen and oxygen atoms in total. The number of halogens is 2. The maximum absolute atomic E-state index is 12.3. The second kappa shape index (κ2) is 3.34. The molecule has 0 aliphatic rings. The second-order valence-electron chi connectivity index (χ2n) is 3.01. The summed E-state index contributed by atoms with van der Waals surface area (Å²) >= 11 is 0. The van der Waals surface area contributed by atoms with E-state index in [-0.39, 0.29) is 16.9 Å². The first-order valence-electron chi connectivity index (χ1n) is 4.13. The molecule has 0 radical (unpaired) electrons. The predicted octanol–water partition coefficient (Wildman–Crippen LogP) is 3.07. The summed E-state index contributed by atoms with van der Waals surface area (Å²) in [7, 11) is 0. The summed E-state index contributed by atoms with van der Waals surface area (Å²) in [5.41, 5.74) is 0.136. The first kappa shape index (κ1) is 9.64. The Labute approximate surface area is 82.9 Å². The first-order chi connectivity index (χ1) is 7.08. The van der Waals surface area contributed by atoms with Crippen LogP contribution in [0.3, 0.4) is 0 Å². The zero-order chi connectivity index (χ0) is 11.0. The highest BCUT2D eigenvalue weighted by Crippen LogP contribution is 2.25. The van der Waals surface area contributed by atoms with Crippen LogP contribution in [0, 0.1) is 0 Å². The van der Waals surface area contributed by atoms with E-state index in [1.807, 2.05) is 0 Å². The van der Waals surface area contributed by atoms with Crippen LogP contribution in [-0.4, -0.2) is 11.1 Å². The Bertz CT molecular complexity index is 516. The van der Waals surface area contributed by atoms with Crippen molar-refractivity contribution in [3.8, 4) is 0 Å². The lowest BCUT2D eigenvalue weighted by atomic mass is 10.1. The Kier molecular flexibility index (Phi) is 2.15. The van der Waals surface area contributed by atoms with Crippen LogP contribution in [0.25, 0.3) is 11.0 Å². The van der Waals surface area contributed by atoms with Gasteiger partial charge in [0.1, 0.15) is 5.58 Å². The van der Waals surface area contributed by atoms with Gasteiger partial charge in [0.2, 0.25) is 5.76 Å². The lowest BCUT2D eigenvalue weighted by Crippen LogP contribution is -1.91. The van der Waals surface area contributed by atoms with E-state index in [0.29, 0.717) is 5.39 Å². The summed E-state index contributed by atoms with van der Waals surface area (Å²) < 4.78 is 29.5. The van der Waals surface area contributed by atoms with Crippen LogP contribution in [0.5, 0.6) is 0 Å². The van der Waals surface area contributed by atoms with Crippen LogP contribution in [0.15, 0.2) is 28.7 Å². The molecule has 0 aliphatic heterocycles. The van der Waals surface area contributed by atoms with Gasteiger partial charge in [0.15, 0.2) is 0 Å². The van der Waals surface area contributed by atoms with E-state index in [1.165, 1.54) is 24.3 Å². The predicted molar refractivity (Wildman–Crippen MR) is 48.1 cm³/mol. The third kappa shape index (κ3) is 1.68. The highest BCUT2D eigenvalue weighted by molar-refractivity contribution is 5.91. The molecule has 15 heavy (non-hydrogen) atoms. The van der Waals surface area contributed by atoms with Crippen LogP contribution in [0.2, 0.25) is 0 Å². The van der Waals surface area contributed by atoms with Crippen LogP contribution in [0.4, 0.5) is 8.78 Å². The summed E-state index contributed by atoms with van der Waals surface area (Å²) in [6.45, 7) is 0. The molecule has 0 fully saturated rings. The Balaban J connectivity index is 2.57. The fraction of sp³-hybridized carbons (Fsp3) is 0.100. The molecule has 1 N–H and O–H groups in total. The van der Waals surface area contributed by atoms with Crippen LogP contribution >= 0.6 is 0 Å². The number of furan rings is 1. The molecule has 5 heteroatoms. The number of carboxylic acid groups (broad SMARTS) is 1. The molecule has 0 aliphatic carbocycles. The highest BCUT2D eigenvalue weighted by Gasteiger charge is 2.13. The summed E-state index contributed by atoms with van der Waals surface area (Å²) in [4.78, 5) is 10.5. The maximum atomic E-state index is 12.3. The molecular formula is C10H6F2O3. The lowest BCUT2D eigenvalue weighted by molar-refractivity contribution is 0.0665. The number of carbonyl (C=O) groups is 1. The number of hydrogen-bond acceptors (Lipinski definition) is 2. The fourth-order valence-corrected chi connectivity index (χ4v) is 1.30. The van der Waals surface area contributed by atoms with Crippen molar-refractivity contribution in [3.63, 3.8) is 0 Å². The van der Waals surface area contributed by atoms with Crippen LogP contribution in [0.1, 0.15) is 22.5 Å². The van der Waals surface area contributed by atoms with Gasteiger partial charge in [0.05, 0.1) is 0 Å². The van der Waals surface area contributed by atoms with Crippen LogP contribution in [-0.2, 0) is 0 Å². The molecule has 1 aromatic carbocycles. The van der Waals surface area contributed by atoms with Gasteiger partial charge < -0.3 is 9.52 Å². The highest BCUT2D eigenvalue weighted by atomic mass is 19.3. The van der Waals surface area contributed by atoms with Crippen molar-refractivity contribution >= 4 is 16.9 Å². The number of fused-ring (bicyclic) bond motifs is 1. The Hall–Kier alpha value is -1.91. The molecule has 1 aromatic heterocycles. The van der Waals surface area contributed by atoms with Gasteiger partial charge >= 0.3 is 5.97 Å². The number of aromatic carboxylic acids is 1. The number of rotatable bonds is 2. The van der Waals surface area contributed by atoms with Gasteiger partial charge in [-0.2, -0.15) is 0 Å². The smallest absolute Gasteiger partial charge is 0.371 e. The number of benzene rings is 1. The van der Waals surface area contributed by atoms with Crippen molar-refractivity contribution in [1.82, 2.24) is 0 Å². The second-order valence-corrected chi connectivity index (χ2v) is 3.01. The SMILES string of the molecule is O=C(O)c1cc2cc(C(F)F)ccc2o1. The maximum Gasteiger partial charge on any atom is 0.371 e. The minimum absolute atomic E-state index is 0.153. The first-order valence-corrected chi connectivity index (χ1v) is 4.13. The third-order valence-corrected chi connectivity index (χ3v) is 2.00. The van der Waals surface area contributed by atoms with E-state index in [0.717, 1.165) is 0 Å². The molecule has 0 unspecified atom stereocenters. The van der Waals surface area contributed by atoms with E-state index in [2.05, 4.69) is 0 Å². The fourth-order valence-electron chi connectivity index (χ4n) is 1.30. The van der Waals surface area contributed by atoms with Crippen molar-refractivity contribution in [2.45, 2.75) is 6.43 Å². The molecular weight excluding hydrogens is 206 g/mol. The van der Waals surface area contributed by atoms with Gasteiger partial charge in [0.25, 0.3) is 6.43 Å². The van der Waals surface area contributed by atoms with Gasteiger partial charge in [-0.15, -0.1) is 0 Å². The molecule has 0 amide bonds. The Morgan fingerprint density at radius 1 is 1.33 bits per heavy atom. The minimum Gasteiger partial charge on any atom is -0.475 e. The summed E-state index contributed by atoms with van der Waals surface area (Å²) in [5.74, 6) is -1.47. The number of alkyl halides is 2. The van der Waals surface area contributed by atoms with E-state index >= 15 is 0 Å². The summed E-state index contributed by atoms with van der Waals surface area (Å²) in [5, 5.41) is 8.99. The van der Waals surface area contributed by atoms with Gasteiger partial charge in [-0.3, -0.25) is 0 Å². The van der Waals surface area contributed by atoms with Crippen molar-refractivity contribution in [1.29, 1.82) is 0 Å². The topological polar surface area (TPSA) is 50.4 Å². The molecule has 1 heterocycles. The largest absolute Gasteiger partial charge is 0.475 e. The third-order valence-electron chi connectivity index (χ3n) is 2.00. The zero-order valence-electron chi connectivity index (χ0n) is 7.41. The van der Waals surface area contributed by atoms with Gasteiger partial charge in [-0.05, 0) is 24.3 Å². The van der Waals surface area contributed by atoms with Gasteiger partial charge in [-0.1, -0.05) is 0 Å². The lowest BCUT2D eigenvalue weighted by Gasteiger charge is -1.97. The summed E-state index contributed by atoms with van der Waals surface area (Å²) in [6, 6.07) is 4.99. The van der Waals surface area contributed by atoms with Gasteiger partial charge in [0, 0.05) is 10.9 Å². The Morgan fingerprint density at radius 3 is 2.67 bits per heavy atom. The summed E-state index contributed by atoms with van der Waals surface area (Å²) in [6.07, 6.45) is -2.57. The quantitative estimate of drug-likeness (QED) is 0.832. The number of carboxylic acids is 1. The minimum atomic E-state index is -2.57. The zero-order valence-corrected chi connectivity index (χ0v) is 7.41. The molecule has 78 valence electrons. The average molecular weight is 212 g/mol. The molecule has 0 bridgehead atoms. The standard InChI is InChI=1S/C10H6F2O3/c11-9(12)5-1-2-7-6(3-5)4-8(15-7)10(13)14/h1-4,9H,(H,13,14). The monoisotopic (exact) mass is 212 g/mol. The van der Waals surface area contributed by atoms with Crippen LogP contribution < -0.4 is 0 Å². The van der Waals surface area contributed by atoms with Crippen molar-refractivity contribution < 1.29 is 23.1 Å². The average Bonchev–Trinajstić information content (AvgIpc) is 2.59. The normalized spacial score (nSPS) is 11.1. The molecule has 0 saturated carbocycles. The molecule has 0 spiro atoms.